The number of imidazole rings is 1. The molecule has 1 fully saturated rings. The Bertz CT molecular complexity index is 837. The Morgan fingerprint density at radius 2 is 2.08 bits per heavy atom. The molecule has 0 bridgehead atoms. The lowest BCUT2D eigenvalue weighted by Crippen LogP contribution is -2.29. The number of hydrogen-bond acceptors (Lipinski definition) is 4. The van der Waals surface area contributed by atoms with Crippen LogP contribution in [0.3, 0.4) is 0 Å². The average Bonchev–Trinajstić information content (AvgIpc) is 3.30. The summed E-state index contributed by atoms with van der Waals surface area (Å²) in [5.41, 5.74) is -0.975. The number of rotatable bonds is 4. The smallest absolute Gasteiger partial charge is 0.365 e. The van der Waals surface area contributed by atoms with E-state index in [2.05, 4.69) is 15.3 Å². The van der Waals surface area contributed by atoms with Crippen LogP contribution in [0.1, 0.15) is 36.8 Å². The molecule has 134 valence electrons. The van der Waals surface area contributed by atoms with Gasteiger partial charge in [-0.15, -0.1) is 0 Å². The van der Waals surface area contributed by atoms with Gasteiger partial charge in [-0.3, -0.25) is 4.79 Å². The normalized spacial score (nSPS) is 20.4. The van der Waals surface area contributed by atoms with Gasteiger partial charge >= 0.3 is 6.18 Å². The molecule has 3 heterocycles. The summed E-state index contributed by atoms with van der Waals surface area (Å²) in [6.45, 7) is 0.949. The lowest BCUT2D eigenvalue weighted by Gasteiger charge is -2.24. The zero-order chi connectivity index (χ0) is 17.6. The fourth-order valence-corrected chi connectivity index (χ4v) is 3.25. The van der Waals surface area contributed by atoms with E-state index in [0.29, 0.717) is 31.2 Å². The molecule has 1 N–H and O–H groups in total. The quantitative estimate of drug-likeness (QED) is 0.917. The van der Waals surface area contributed by atoms with E-state index >= 15 is 0 Å². The molecule has 1 aliphatic heterocycles. The van der Waals surface area contributed by atoms with Gasteiger partial charge in [-0.1, -0.05) is 0 Å². The molecule has 0 radical (unpaired) electrons. The number of hydrogen-bond donors (Lipinski definition) is 1. The highest BCUT2D eigenvalue weighted by Crippen LogP contribution is 2.33. The van der Waals surface area contributed by atoms with Gasteiger partial charge in [0.25, 0.3) is 5.56 Å². The highest BCUT2D eigenvalue weighted by Gasteiger charge is 2.35. The van der Waals surface area contributed by atoms with Crippen molar-refractivity contribution in [3.05, 3.63) is 40.5 Å². The van der Waals surface area contributed by atoms with E-state index in [1.807, 2.05) is 0 Å². The number of anilines is 1. The molecule has 0 amide bonds. The molecule has 1 aliphatic carbocycles. The predicted molar refractivity (Wildman–Crippen MR) is 84.3 cm³/mol. The number of nitrogens with one attached hydrogen (secondary N) is 1. The molecule has 1 saturated carbocycles. The van der Waals surface area contributed by atoms with E-state index in [1.165, 1.54) is 0 Å². The standard InChI is InChI=1S/C16H18F3N5O/c17-16(18,19)12-9-23-8-10(1-4-13(23)22-12)7-21-14-15(25)24(6-5-20-14)11-2-3-11/h5-6,9-11H,1-4,7-8H2,(H,20,21). The third-order valence-corrected chi connectivity index (χ3v) is 4.75. The summed E-state index contributed by atoms with van der Waals surface area (Å²) in [6.07, 6.45) is 3.20. The molecule has 25 heavy (non-hydrogen) atoms. The summed E-state index contributed by atoms with van der Waals surface area (Å²) in [7, 11) is 0. The van der Waals surface area contributed by atoms with Crippen molar-refractivity contribution in [2.45, 2.75) is 44.4 Å². The average molecular weight is 353 g/mol. The number of fused-ring (bicyclic) bond motifs is 1. The van der Waals surface area contributed by atoms with E-state index in [4.69, 9.17) is 0 Å². The van der Waals surface area contributed by atoms with E-state index < -0.39 is 11.9 Å². The van der Waals surface area contributed by atoms with Crippen LogP contribution in [0.15, 0.2) is 23.4 Å². The third-order valence-electron chi connectivity index (χ3n) is 4.75. The minimum Gasteiger partial charge on any atom is -0.365 e. The van der Waals surface area contributed by atoms with E-state index in [1.54, 1.807) is 21.5 Å². The first-order valence-corrected chi connectivity index (χ1v) is 8.36. The number of aryl methyl sites for hydroxylation is 1. The molecule has 1 atom stereocenters. The van der Waals surface area contributed by atoms with Gasteiger partial charge < -0.3 is 14.5 Å². The van der Waals surface area contributed by atoms with Crippen LogP contribution in [0, 0.1) is 5.92 Å². The lowest BCUT2D eigenvalue weighted by atomic mass is 9.99. The van der Waals surface area contributed by atoms with Gasteiger partial charge in [0.05, 0.1) is 0 Å². The highest BCUT2D eigenvalue weighted by atomic mass is 19.4. The van der Waals surface area contributed by atoms with Crippen molar-refractivity contribution < 1.29 is 13.2 Å². The lowest BCUT2D eigenvalue weighted by molar-refractivity contribution is -0.141. The van der Waals surface area contributed by atoms with Gasteiger partial charge in [0.15, 0.2) is 11.5 Å². The molecule has 9 heteroatoms. The van der Waals surface area contributed by atoms with Crippen molar-refractivity contribution in [3.8, 4) is 0 Å². The van der Waals surface area contributed by atoms with E-state index in [0.717, 1.165) is 25.5 Å². The minimum atomic E-state index is -4.42. The predicted octanol–water partition coefficient (Wildman–Crippen LogP) is 2.47. The largest absolute Gasteiger partial charge is 0.434 e. The molecule has 0 aromatic carbocycles. The van der Waals surface area contributed by atoms with Crippen LogP contribution in [0.5, 0.6) is 0 Å². The molecule has 2 aliphatic rings. The number of aromatic nitrogens is 4. The van der Waals surface area contributed by atoms with E-state index in [9.17, 15) is 18.0 Å². The molecular formula is C16H18F3N5O. The number of nitrogens with zero attached hydrogens (tertiary/aromatic N) is 4. The van der Waals surface area contributed by atoms with Crippen molar-refractivity contribution in [1.29, 1.82) is 0 Å². The van der Waals surface area contributed by atoms with Crippen LogP contribution < -0.4 is 10.9 Å². The Morgan fingerprint density at radius 1 is 1.28 bits per heavy atom. The maximum absolute atomic E-state index is 12.8. The zero-order valence-corrected chi connectivity index (χ0v) is 13.5. The summed E-state index contributed by atoms with van der Waals surface area (Å²) in [6, 6.07) is 0.278. The zero-order valence-electron chi connectivity index (χ0n) is 13.5. The van der Waals surface area contributed by atoms with Crippen LogP contribution >= 0.6 is 0 Å². The van der Waals surface area contributed by atoms with Crippen LogP contribution in [0.25, 0.3) is 0 Å². The van der Waals surface area contributed by atoms with Crippen molar-refractivity contribution >= 4 is 5.82 Å². The van der Waals surface area contributed by atoms with Gasteiger partial charge in [-0.05, 0) is 25.2 Å². The Kier molecular flexibility index (Phi) is 3.81. The van der Waals surface area contributed by atoms with Crippen LogP contribution in [0.2, 0.25) is 0 Å². The van der Waals surface area contributed by atoms with E-state index in [-0.39, 0.29) is 17.5 Å². The monoisotopic (exact) mass is 353 g/mol. The first-order chi connectivity index (χ1) is 11.9. The maximum Gasteiger partial charge on any atom is 0.434 e. The third kappa shape index (κ3) is 3.27. The number of halogens is 3. The highest BCUT2D eigenvalue weighted by molar-refractivity contribution is 5.31. The topological polar surface area (TPSA) is 64.7 Å². The fourth-order valence-electron chi connectivity index (χ4n) is 3.25. The van der Waals surface area contributed by atoms with Gasteiger partial charge in [-0.25, -0.2) is 9.97 Å². The van der Waals surface area contributed by atoms with Crippen molar-refractivity contribution in [3.63, 3.8) is 0 Å². The molecule has 2 aromatic heterocycles. The summed E-state index contributed by atoms with van der Waals surface area (Å²) in [5, 5.41) is 3.07. The molecule has 6 nitrogen and oxygen atoms in total. The SMILES string of the molecule is O=c1c(NCC2CCc3nc(C(F)(F)F)cn3C2)nccn1C1CC1. The van der Waals surface area contributed by atoms with Gasteiger partial charge in [0.2, 0.25) is 0 Å². The summed E-state index contributed by atoms with van der Waals surface area (Å²) < 4.78 is 41.5. The van der Waals surface area contributed by atoms with Crippen LogP contribution in [-0.2, 0) is 19.1 Å². The second-order valence-corrected chi connectivity index (χ2v) is 6.70. The van der Waals surface area contributed by atoms with Crippen molar-refractivity contribution in [2.24, 2.45) is 5.92 Å². The Labute approximate surface area is 141 Å². The molecule has 0 spiro atoms. The Hall–Kier alpha value is -2.32. The molecule has 0 saturated heterocycles. The maximum atomic E-state index is 12.8. The van der Waals surface area contributed by atoms with Gasteiger partial charge in [0.1, 0.15) is 5.82 Å². The molecular weight excluding hydrogens is 335 g/mol. The second-order valence-electron chi connectivity index (χ2n) is 6.70. The molecule has 2 aromatic rings. The molecule has 1 unspecified atom stereocenters. The minimum absolute atomic E-state index is 0.124. The van der Waals surface area contributed by atoms with Crippen LogP contribution in [0.4, 0.5) is 19.0 Å². The van der Waals surface area contributed by atoms with Crippen LogP contribution in [-0.4, -0.2) is 25.6 Å². The first kappa shape index (κ1) is 16.2. The Balaban J connectivity index is 1.42. The van der Waals surface area contributed by atoms with Crippen molar-refractivity contribution in [1.82, 2.24) is 19.1 Å². The van der Waals surface area contributed by atoms with Gasteiger partial charge in [0, 0.05) is 44.1 Å². The summed E-state index contributed by atoms with van der Waals surface area (Å²) >= 11 is 0. The number of alkyl halides is 3. The summed E-state index contributed by atoms with van der Waals surface area (Å²) in [5.74, 6) is 0.901. The van der Waals surface area contributed by atoms with Gasteiger partial charge in [-0.2, -0.15) is 13.2 Å². The fraction of sp³-hybridized carbons (Fsp3) is 0.562. The molecule has 4 rings (SSSR count). The second kappa shape index (κ2) is 5.89. The van der Waals surface area contributed by atoms with Crippen molar-refractivity contribution in [2.75, 3.05) is 11.9 Å². The first-order valence-electron chi connectivity index (χ1n) is 8.36. The summed E-state index contributed by atoms with van der Waals surface area (Å²) in [4.78, 5) is 20.1. The Morgan fingerprint density at radius 3 is 2.80 bits per heavy atom.